The summed E-state index contributed by atoms with van der Waals surface area (Å²) < 4.78 is 40.7. The van der Waals surface area contributed by atoms with E-state index in [9.17, 15) is 17.6 Å². The first-order valence-electron chi connectivity index (χ1n) is 5.58. The lowest BCUT2D eigenvalue weighted by atomic mass is 10.2. The number of rotatable bonds is 3. The molecule has 8 heteroatoms. The quantitative estimate of drug-likeness (QED) is 0.911. The fourth-order valence-corrected chi connectivity index (χ4v) is 2.79. The Morgan fingerprint density at radius 2 is 1.95 bits per heavy atom. The molecule has 0 saturated heterocycles. The highest BCUT2D eigenvalue weighted by Crippen LogP contribution is 2.19. The van der Waals surface area contributed by atoms with Gasteiger partial charge in [-0.15, -0.1) is 4.40 Å². The highest BCUT2D eigenvalue weighted by Gasteiger charge is 2.27. The van der Waals surface area contributed by atoms with Crippen LogP contribution in [0.15, 0.2) is 40.4 Å². The van der Waals surface area contributed by atoms with Crippen molar-refractivity contribution in [2.24, 2.45) is 4.40 Å². The third-order valence-electron chi connectivity index (χ3n) is 2.69. The standard InChI is InChI=1S/C12H11FN2O4S/c1-8-11(12(16)17)7-15(20(18,19)14-8)6-9-2-4-10(13)5-3-9/h2-5,7H,6H2,1H3,(H,16,17). The summed E-state index contributed by atoms with van der Waals surface area (Å²) in [5, 5.41) is 8.98. The molecule has 0 aromatic heterocycles. The van der Waals surface area contributed by atoms with E-state index < -0.39 is 22.0 Å². The summed E-state index contributed by atoms with van der Waals surface area (Å²) in [6.07, 6.45) is 1.02. The zero-order valence-corrected chi connectivity index (χ0v) is 11.3. The Kier molecular flexibility index (Phi) is 3.58. The lowest BCUT2D eigenvalue weighted by Gasteiger charge is -2.22. The number of carboxylic acids is 1. The van der Waals surface area contributed by atoms with Crippen LogP contribution >= 0.6 is 0 Å². The van der Waals surface area contributed by atoms with Crippen LogP contribution in [0.5, 0.6) is 0 Å². The molecule has 6 nitrogen and oxygen atoms in total. The number of benzene rings is 1. The van der Waals surface area contributed by atoms with Crippen molar-refractivity contribution in [2.45, 2.75) is 13.5 Å². The molecule has 0 amide bonds. The fourth-order valence-electron chi connectivity index (χ4n) is 1.69. The molecule has 0 aliphatic carbocycles. The van der Waals surface area contributed by atoms with E-state index in [-0.39, 0.29) is 17.8 Å². The monoisotopic (exact) mass is 298 g/mol. The number of aliphatic carboxylic acids is 1. The fraction of sp³-hybridized carbons (Fsp3) is 0.167. The normalized spacial score (nSPS) is 17.4. The third-order valence-corrected chi connectivity index (χ3v) is 4.03. The van der Waals surface area contributed by atoms with Gasteiger partial charge >= 0.3 is 16.2 Å². The molecule has 1 aromatic rings. The Balaban J connectivity index is 2.35. The summed E-state index contributed by atoms with van der Waals surface area (Å²) in [7, 11) is -3.96. The van der Waals surface area contributed by atoms with Gasteiger partial charge in [0.2, 0.25) is 0 Å². The first-order valence-corrected chi connectivity index (χ1v) is 6.97. The maximum atomic E-state index is 12.8. The largest absolute Gasteiger partial charge is 0.478 e. The van der Waals surface area contributed by atoms with Gasteiger partial charge in [0.25, 0.3) is 0 Å². The molecule has 1 N–H and O–H groups in total. The summed E-state index contributed by atoms with van der Waals surface area (Å²) in [5.74, 6) is -1.70. The number of hydrogen-bond donors (Lipinski definition) is 1. The van der Waals surface area contributed by atoms with Crippen LogP contribution in [0.2, 0.25) is 0 Å². The molecule has 0 bridgehead atoms. The van der Waals surface area contributed by atoms with Gasteiger partial charge < -0.3 is 5.11 Å². The van der Waals surface area contributed by atoms with Crippen molar-refractivity contribution in [2.75, 3.05) is 0 Å². The van der Waals surface area contributed by atoms with Gasteiger partial charge in [-0.3, -0.25) is 4.31 Å². The van der Waals surface area contributed by atoms with Crippen molar-refractivity contribution < 1.29 is 22.7 Å². The average Bonchev–Trinajstić information content (AvgIpc) is 2.34. The number of halogens is 1. The van der Waals surface area contributed by atoms with Crippen LogP contribution in [0, 0.1) is 5.82 Å². The van der Waals surface area contributed by atoms with Crippen LogP contribution in [0.25, 0.3) is 0 Å². The number of carbonyl (C=O) groups is 1. The Hall–Kier alpha value is -2.22. The van der Waals surface area contributed by atoms with Crippen LogP contribution in [0.1, 0.15) is 12.5 Å². The van der Waals surface area contributed by atoms with Gasteiger partial charge in [0.1, 0.15) is 5.82 Å². The summed E-state index contributed by atoms with van der Waals surface area (Å²) in [6.45, 7) is 1.20. The molecule has 1 aliphatic rings. The maximum absolute atomic E-state index is 12.8. The van der Waals surface area contributed by atoms with Gasteiger partial charge in [0.05, 0.1) is 17.8 Å². The van der Waals surface area contributed by atoms with Crippen molar-refractivity contribution in [3.05, 3.63) is 47.4 Å². The first kappa shape index (κ1) is 14.2. The molecule has 1 aromatic carbocycles. The van der Waals surface area contributed by atoms with Crippen LogP contribution in [-0.4, -0.2) is 29.5 Å². The summed E-state index contributed by atoms with van der Waals surface area (Å²) in [4.78, 5) is 11.0. The predicted octanol–water partition coefficient (Wildman–Crippen LogP) is 1.32. The number of hydrogen-bond acceptors (Lipinski definition) is 3. The second kappa shape index (κ2) is 5.04. The molecule has 2 rings (SSSR count). The van der Waals surface area contributed by atoms with E-state index in [0.717, 1.165) is 10.5 Å². The Bertz CT molecular complexity index is 707. The van der Waals surface area contributed by atoms with Gasteiger partial charge in [-0.05, 0) is 24.6 Å². The Morgan fingerprint density at radius 1 is 1.35 bits per heavy atom. The molecule has 0 saturated carbocycles. The van der Waals surface area contributed by atoms with E-state index in [4.69, 9.17) is 5.11 Å². The van der Waals surface area contributed by atoms with Crippen molar-refractivity contribution >= 4 is 21.9 Å². The summed E-state index contributed by atoms with van der Waals surface area (Å²) >= 11 is 0. The summed E-state index contributed by atoms with van der Waals surface area (Å²) in [5.41, 5.74) is 0.250. The molecule has 1 heterocycles. The zero-order valence-electron chi connectivity index (χ0n) is 10.4. The summed E-state index contributed by atoms with van der Waals surface area (Å²) in [6, 6.07) is 5.24. The minimum absolute atomic E-state index is 0.0761. The van der Waals surface area contributed by atoms with Gasteiger partial charge in [0, 0.05) is 6.20 Å². The number of nitrogens with zero attached hydrogens (tertiary/aromatic N) is 2. The molecule has 1 aliphatic heterocycles. The van der Waals surface area contributed by atoms with Crippen LogP contribution in [0.4, 0.5) is 4.39 Å². The SMILES string of the molecule is CC1=NS(=O)(=O)N(Cc2ccc(F)cc2)C=C1C(=O)O. The Labute approximate surface area is 115 Å². The minimum atomic E-state index is -3.96. The topological polar surface area (TPSA) is 87.0 Å². The van der Waals surface area contributed by atoms with Gasteiger partial charge in [-0.1, -0.05) is 12.1 Å². The predicted molar refractivity (Wildman–Crippen MR) is 69.7 cm³/mol. The molecule has 0 atom stereocenters. The average molecular weight is 298 g/mol. The minimum Gasteiger partial charge on any atom is -0.478 e. The smallest absolute Gasteiger partial charge is 0.344 e. The maximum Gasteiger partial charge on any atom is 0.344 e. The Morgan fingerprint density at radius 3 is 2.50 bits per heavy atom. The van der Waals surface area contributed by atoms with Crippen LogP contribution in [0.3, 0.4) is 0 Å². The van der Waals surface area contributed by atoms with E-state index >= 15 is 0 Å². The second-order valence-electron chi connectivity index (χ2n) is 4.17. The molecular weight excluding hydrogens is 287 g/mol. The van der Waals surface area contributed by atoms with Gasteiger partial charge in [-0.25, -0.2) is 9.18 Å². The van der Waals surface area contributed by atoms with E-state index in [2.05, 4.69) is 4.40 Å². The van der Waals surface area contributed by atoms with E-state index in [1.807, 2.05) is 0 Å². The second-order valence-corrected chi connectivity index (χ2v) is 5.72. The number of carboxylic acid groups (broad SMARTS) is 1. The van der Waals surface area contributed by atoms with Crippen molar-refractivity contribution in [1.29, 1.82) is 0 Å². The molecule has 0 unspecified atom stereocenters. The first-order chi connectivity index (χ1) is 9.29. The van der Waals surface area contributed by atoms with Gasteiger partial charge in [0.15, 0.2) is 0 Å². The highest BCUT2D eigenvalue weighted by atomic mass is 32.2. The van der Waals surface area contributed by atoms with E-state index in [0.29, 0.717) is 5.56 Å². The molecule has 0 radical (unpaired) electrons. The van der Waals surface area contributed by atoms with Crippen LogP contribution < -0.4 is 0 Å². The van der Waals surface area contributed by atoms with E-state index in [1.54, 1.807) is 0 Å². The third kappa shape index (κ3) is 2.85. The molecule has 0 fully saturated rings. The van der Waals surface area contributed by atoms with Crippen molar-refractivity contribution in [3.63, 3.8) is 0 Å². The van der Waals surface area contributed by atoms with Crippen LogP contribution in [-0.2, 0) is 21.5 Å². The highest BCUT2D eigenvalue weighted by molar-refractivity contribution is 7.88. The zero-order chi connectivity index (χ0) is 14.9. The molecule has 0 spiro atoms. The lowest BCUT2D eigenvalue weighted by molar-refractivity contribution is -0.132. The molecular formula is C12H11FN2O4S. The molecule has 106 valence electrons. The van der Waals surface area contributed by atoms with E-state index in [1.165, 1.54) is 31.2 Å². The molecule has 20 heavy (non-hydrogen) atoms. The van der Waals surface area contributed by atoms with Gasteiger partial charge in [-0.2, -0.15) is 8.42 Å². The van der Waals surface area contributed by atoms with Crippen molar-refractivity contribution in [3.8, 4) is 0 Å². The van der Waals surface area contributed by atoms with Crippen molar-refractivity contribution in [1.82, 2.24) is 4.31 Å². The lowest BCUT2D eigenvalue weighted by Crippen LogP contribution is -2.31.